The van der Waals surface area contributed by atoms with Crippen molar-refractivity contribution in [1.29, 1.82) is 0 Å². The third-order valence-electron chi connectivity index (χ3n) is 5.02. The van der Waals surface area contributed by atoms with E-state index in [-0.39, 0.29) is 5.56 Å². The molecule has 0 aliphatic carbocycles. The second-order valence-electron chi connectivity index (χ2n) is 7.26. The van der Waals surface area contributed by atoms with E-state index in [0.717, 1.165) is 6.42 Å². The highest BCUT2D eigenvalue weighted by atomic mass is 16.4. The first-order valence-electron chi connectivity index (χ1n) is 10.3. The van der Waals surface area contributed by atoms with Crippen molar-refractivity contribution in [3.05, 3.63) is 29.6 Å². The van der Waals surface area contributed by atoms with Crippen LogP contribution in [-0.2, 0) is 6.42 Å². The summed E-state index contributed by atoms with van der Waals surface area (Å²) >= 11 is 0. The fourth-order valence-corrected chi connectivity index (χ4v) is 3.48. The summed E-state index contributed by atoms with van der Waals surface area (Å²) in [5.74, 6) is -0.566. The van der Waals surface area contributed by atoms with Crippen LogP contribution in [0, 0.1) is 5.92 Å². The van der Waals surface area contributed by atoms with E-state index in [0.29, 0.717) is 11.6 Å². The Kier molecular flexibility index (Phi) is 12.0. The number of carboxylic acid groups (broad SMARTS) is 1. The van der Waals surface area contributed by atoms with Crippen LogP contribution >= 0.6 is 0 Å². The number of carbonyl (C=O) groups is 1. The van der Waals surface area contributed by atoms with Crippen molar-refractivity contribution in [2.75, 3.05) is 0 Å². The van der Waals surface area contributed by atoms with E-state index in [9.17, 15) is 9.90 Å². The van der Waals surface area contributed by atoms with E-state index < -0.39 is 5.97 Å². The van der Waals surface area contributed by atoms with Crippen molar-refractivity contribution >= 4 is 5.97 Å². The fourth-order valence-electron chi connectivity index (χ4n) is 3.48. The Hall–Kier alpha value is -1.38. The number of hydrogen-bond donors (Lipinski definition) is 0. The molecule has 142 valence electrons. The molecule has 25 heavy (non-hydrogen) atoms. The lowest BCUT2D eigenvalue weighted by molar-refractivity contribution is -0.255. The molecule has 1 atom stereocenters. The van der Waals surface area contributed by atoms with Gasteiger partial charge in [-0.15, -0.1) is 0 Å². The summed E-state index contributed by atoms with van der Waals surface area (Å²) in [6.07, 6.45) is 17.7. The van der Waals surface area contributed by atoms with E-state index in [1.54, 1.807) is 18.3 Å². The molecular formula is C22H36NO2-. The summed E-state index contributed by atoms with van der Waals surface area (Å²) in [5, 5.41) is 11.3. The van der Waals surface area contributed by atoms with Gasteiger partial charge in [0, 0.05) is 17.5 Å². The van der Waals surface area contributed by atoms with Crippen LogP contribution in [0.25, 0.3) is 0 Å². The molecule has 1 unspecified atom stereocenters. The second kappa shape index (κ2) is 13.9. The standard InChI is InChI=1S/C22H37NO2/c1-3-5-7-9-10-12-15-19(14-11-8-6-4-2)18-21-20(22(24)25)16-13-17-23-21/h13,16-17,19H,3-12,14-15,18H2,1-2H3,(H,24,25)/p-1. The van der Waals surface area contributed by atoms with Crippen LogP contribution in [0.4, 0.5) is 0 Å². The number of unbranched alkanes of at least 4 members (excludes halogenated alkanes) is 8. The Bertz CT molecular complexity index is 473. The quantitative estimate of drug-likeness (QED) is 0.404. The topological polar surface area (TPSA) is 53.0 Å². The predicted octanol–water partition coefficient (Wildman–Crippen LogP) is 5.32. The fraction of sp³-hybridized carbons (Fsp3) is 0.727. The normalized spacial score (nSPS) is 12.2. The summed E-state index contributed by atoms with van der Waals surface area (Å²) in [7, 11) is 0. The molecule has 0 radical (unpaired) electrons. The van der Waals surface area contributed by atoms with Crippen LogP contribution in [0.1, 0.15) is 107 Å². The molecule has 0 aliphatic rings. The maximum atomic E-state index is 11.3. The monoisotopic (exact) mass is 346 g/mol. The molecule has 0 aliphatic heterocycles. The summed E-state index contributed by atoms with van der Waals surface area (Å²) < 4.78 is 0. The van der Waals surface area contributed by atoms with Gasteiger partial charge in [-0.3, -0.25) is 4.98 Å². The minimum atomic E-state index is -1.10. The smallest absolute Gasteiger partial charge is 0.0733 e. The summed E-state index contributed by atoms with van der Waals surface area (Å²) in [5.41, 5.74) is 0.970. The van der Waals surface area contributed by atoms with Gasteiger partial charge in [0.1, 0.15) is 0 Å². The van der Waals surface area contributed by atoms with Crippen molar-refractivity contribution < 1.29 is 9.90 Å². The molecule has 1 aromatic heterocycles. The number of rotatable bonds is 15. The lowest BCUT2D eigenvalue weighted by atomic mass is 9.89. The van der Waals surface area contributed by atoms with Gasteiger partial charge in [0.15, 0.2) is 0 Å². The maximum absolute atomic E-state index is 11.3. The second-order valence-corrected chi connectivity index (χ2v) is 7.26. The third-order valence-corrected chi connectivity index (χ3v) is 5.02. The van der Waals surface area contributed by atoms with E-state index in [1.807, 2.05) is 0 Å². The highest BCUT2D eigenvalue weighted by Gasteiger charge is 2.13. The van der Waals surface area contributed by atoms with Gasteiger partial charge in [0.25, 0.3) is 0 Å². The molecule has 1 rings (SSSR count). The van der Waals surface area contributed by atoms with E-state index in [4.69, 9.17) is 0 Å². The molecule has 0 aromatic carbocycles. The number of carbonyl (C=O) groups excluding carboxylic acids is 1. The molecule has 1 aromatic rings. The van der Waals surface area contributed by atoms with Crippen LogP contribution in [0.15, 0.2) is 18.3 Å². The molecule has 0 saturated heterocycles. The summed E-state index contributed by atoms with van der Waals surface area (Å²) in [4.78, 5) is 15.6. The van der Waals surface area contributed by atoms with Gasteiger partial charge >= 0.3 is 0 Å². The zero-order valence-corrected chi connectivity index (χ0v) is 16.3. The van der Waals surface area contributed by atoms with Gasteiger partial charge in [-0.05, 0) is 24.5 Å². The van der Waals surface area contributed by atoms with Gasteiger partial charge in [0.05, 0.1) is 5.97 Å². The maximum Gasteiger partial charge on any atom is 0.0733 e. The van der Waals surface area contributed by atoms with E-state index in [2.05, 4.69) is 18.8 Å². The first kappa shape index (κ1) is 21.7. The number of pyridine rings is 1. The van der Waals surface area contributed by atoms with Crippen LogP contribution in [0.2, 0.25) is 0 Å². The Morgan fingerprint density at radius 2 is 1.52 bits per heavy atom. The number of hydrogen-bond acceptors (Lipinski definition) is 3. The number of nitrogens with zero attached hydrogens (tertiary/aromatic N) is 1. The lowest BCUT2D eigenvalue weighted by Crippen LogP contribution is -2.25. The molecule has 0 amide bonds. The first-order chi connectivity index (χ1) is 12.2. The number of aromatic nitrogens is 1. The minimum absolute atomic E-state index is 0.268. The van der Waals surface area contributed by atoms with E-state index in [1.165, 1.54) is 77.0 Å². The zero-order chi connectivity index (χ0) is 18.3. The Morgan fingerprint density at radius 3 is 2.12 bits per heavy atom. The SMILES string of the molecule is CCCCCCCCC(CCCCCC)Cc1ncccc1C(=O)[O-]. The highest BCUT2D eigenvalue weighted by molar-refractivity contribution is 5.86. The third kappa shape index (κ3) is 9.62. The van der Waals surface area contributed by atoms with Crippen molar-refractivity contribution in [3.63, 3.8) is 0 Å². The molecule has 3 heteroatoms. The van der Waals surface area contributed by atoms with Crippen LogP contribution in [0.3, 0.4) is 0 Å². The number of aromatic carboxylic acids is 1. The predicted molar refractivity (Wildman–Crippen MR) is 103 cm³/mol. The van der Waals surface area contributed by atoms with Crippen molar-refractivity contribution in [2.24, 2.45) is 5.92 Å². The Morgan fingerprint density at radius 1 is 0.960 bits per heavy atom. The van der Waals surface area contributed by atoms with E-state index >= 15 is 0 Å². The largest absolute Gasteiger partial charge is 0.545 e. The Balaban J connectivity index is 2.53. The molecule has 3 nitrogen and oxygen atoms in total. The van der Waals surface area contributed by atoms with Crippen LogP contribution < -0.4 is 5.11 Å². The first-order valence-corrected chi connectivity index (χ1v) is 10.3. The van der Waals surface area contributed by atoms with Crippen LogP contribution in [-0.4, -0.2) is 11.0 Å². The van der Waals surface area contributed by atoms with Gasteiger partial charge in [-0.25, -0.2) is 0 Å². The van der Waals surface area contributed by atoms with Gasteiger partial charge < -0.3 is 9.90 Å². The highest BCUT2D eigenvalue weighted by Crippen LogP contribution is 2.23. The average Bonchev–Trinajstić information content (AvgIpc) is 2.61. The van der Waals surface area contributed by atoms with Gasteiger partial charge in [-0.2, -0.15) is 0 Å². The summed E-state index contributed by atoms with van der Waals surface area (Å²) in [6.45, 7) is 4.47. The molecule has 0 N–H and O–H groups in total. The Labute approximate surface area is 154 Å². The van der Waals surface area contributed by atoms with Crippen molar-refractivity contribution in [1.82, 2.24) is 4.98 Å². The zero-order valence-electron chi connectivity index (χ0n) is 16.3. The molecule has 0 saturated carbocycles. The minimum Gasteiger partial charge on any atom is -0.545 e. The molecule has 0 fully saturated rings. The van der Waals surface area contributed by atoms with Crippen molar-refractivity contribution in [3.8, 4) is 0 Å². The van der Waals surface area contributed by atoms with Crippen molar-refractivity contribution in [2.45, 2.75) is 97.3 Å². The van der Waals surface area contributed by atoms with Crippen LogP contribution in [0.5, 0.6) is 0 Å². The summed E-state index contributed by atoms with van der Waals surface area (Å²) in [6, 6.07) is 3.30. The average molecular weight is 347 g/mol. The molecular weight excluding hydrogens is 310 g/mol. The van der Waals surface area contributed by atoms with Gasteiger partial charge in [0.2, 0.25) is 0 Å². The van der Waals surface area contributed by atoms with Gasteiger partial charge in [-0.1, -0.05) is 90.9 Å². The molecule has 0 bridgehead atoms. The molecule has 0 spiro atoms. The number of carboxylic acids is 1. The molecule has 1 heterocycles. The lowest BCUT2D eigenvalue weighted by Gasteiger charge is -2.18.